The topological polar surface area (TPSA) is 42.2 Å². The van der Waals surface area contributed by atoms with Crippen LogP contribution in [0.3, 0.4) is 0 Å². The van der Waals surface area contributed by atoms with Crippen molar-refractivity contribution in [2.75, 3.05) is 0 Å². The lowest BCUT2D eigenvalue weighted by Crippen LogP contribution is -1.98. The zero-order chi connectivity index (χ0) is 24.8. The molecule has 0 aliphatic carbocycles. The summed E-state index contributed by atoms with van der Waals surface area (Å²) < 4.78 is 29.9. The van der Waals surface area contributed by atoms with Crippen molar-refractivity contribution in [2.45, 2.75) is 0 Å². The third-order valence-electron chi connectivity index (χ3n) is 6.46. The van der Waals surface area contributed by atoms with Crippen LogP contribution in [0.2, 0.25) is 0 Å². The minimum atomic E-state index is -0.995. The fraction of sp³-hybridized carbons (Fsp3) is 0. The summed E-state index contributed by atoms with van der Waals surface area (Å²) in [5.41, 5.74) is 6.01. The Kier molecular flexibility index (Phi) is 5.11. The van der Waals surface area contributed by atoms with E-state index in [0.29, 0.717) is 0 Å². The molecular weight excluding hydrogens is 456 g/mol. The summed E-state index contributed by atoms with van der Waals surface area (Å²) in [6, 6.07) is 31.6. The molecule has 6 aromatic rings. The predicted octanol–water partition coefficient (Wildman–Crippen LogP) is 8.09. The van der Waals surface area contributed by atoms with Crippen LogP contribution >= 0.6 is 0 Å². The molecule has 0 aliphatic rings. The molecule has 0 fully saturated rings. The summed E-state index contributed by atoms with van der Waals surface area (Å²) in [6.07, 6.45) is 0. The molecule has 0 saturated heterocycles. The first-order valence-electron chi connectivity index (χ1n) is 11.4. The van der Waals surface area contributed by atoms with Crippen LogP contribution in [0.25, 0.3) is 49.7 Å². The number of halogens is 2. The van der Waals surface area contributed by atoms with Crippen molar-refractivity contribution < 1.29 is 18.7 Å². The van der Waals surface area contributed by atoms with Crippen LogP contribution in [0, 0.1) is 11.6 Å². The van der Waals surface area contributed by atoms with Crippen molar-refractivity contribution in [2.24, 2.45) is 0 Å². The van der Waals surface area contributed by atoms with E-state index in [-0.39, 0.29) is 17.2 Å². The predicted molar refractivity (Wildman–Crippen MR) is 139 cm³/mol. The van der Waals surface area contributed by atoms with E-state index in [2.05, 4.69) is 4.57 Å². The van der Waals surface area contributed by atoms with Crippen molar-refractivity contribution in [3.8, 4) is 27.9 Å². The maximum Gasteiger partial charge on any atom is 0.335 e. The van der Waals surface area contributed by atoms with Crippen LogP contribution in [0.4, 0.5) is 8.78 Å². The molecule has 1 N–H and O–H groups in total. The number of aromatic nitrogens is 1. The lowest BCUT2D eigenvalue weighted by atomic mass is 10.0. The number of benzene rings is 5. The quantitative estimate of drug-likeness (QED) is 0.280. The Morgan fingerprint density at radius 1 is 0.583 bits per heavy atom. The average molecular weight is 475 g/mol. The van der Waals surface area contributed by atoms with E-state index in [9.17, 15) is 18.7 Å². The Labute approximate surface area is 205 Å². The summed E-state index contributed by atoms with van der Waals surface area (Å²) >= 11 is 0. The Hall–Kier alpha value is -4.77. The zero-order valence-corrected chi connectivity index (χ0v) is 19.0. The minimum absolute atomic E-state index is 0.195. The fourth-order valence-corrected chi connectivity index (χ4v) is 4.75. The van der Waals surface area contributed by atoms with E-state index in [1.54, 1.807) is 36.4 Å². The minimum Gasteiger partial charge on any atom is -0.478 e. The molecule has 1 aromatic heterocycles. The molecular formula is C31H19F2NO2. The van der Waals surface area contributed by atoms with Gasteiger partial charge in [0.05, 0.1) is 16.6 Å². The van der Waals surface area contributed by atoms with Crippen LogP contribution in [0.5, 0.6) is 0 Å². The van der Waals surface area contributed by atoms with Gasteiger partial charge >= 0.3 is 5.97 Å². The van der Waals surface area contributed by atoms with Gasteiger partial charge in [0.15, 0.2) is 0 Å². The molecule has 1 heterocycles. The number of aromatic carboxylic acids is 1. The second kappa shape index (κ2) is 8.47. The molecule has 0 amide bonds. The summed E-state index contributed by atoms with van der Waals surface area (Å²) in [4.78, 5) is 11.4. The molecule has 5 aromatic carbocycles. The van der Waals surface area contributed by atoms with Gasteiger partial charge in [0.2, 0.25) is 0 Å². The molecule has 174 valence electrons. The van der Waals surface area contributed by atoms with Crippen LogP contribution in [0.15, 0.2) is 109 Å². The molecule has 0 bridgehead atoms. The molecule has 0 unspecified atom stereocenters. The van der Waals surface area contributed by atoms with E-state index >= 15 is 0 Å². The highest BCUT2D eigenvalue weighted by Gasteiger charge is 2.15. The van der Waals surface area contributed by atoms with Crippen LogP contribution < -0.4 is 0 Å². The monoisotopic (exact) mass is 475 g/mol. The first-order valence-corrected chi connectivity index (χ1v) is 11.4. The van der Waals surface area contributed by atoms with E-state index < -0.39 is 5.97 Å². The molecule has 6 rings (SSSR count). The summed E-state index contributed by atoms with van der Waals surface area (Å²) in [5.74, 6) is -1.61. The highest BCUT2D eigenvalue weighted by atomic mass is 19.1. The lowest BCUT2D eigenvalue weighted by Gasteiger charge is -2.10. The van der Waals surface area contributed by atoms with E-state index in [4.69, 9.17) is 0 Å². The van der Waals surface area contributed by atoms with Crippen LogP contribution in [0.1, 0.15) is 10.4 Å². The van der Waals surface area contributed by atoms with Gasteiger partial charge in [-0.1, -0.05) is 48.5 Å². The van der Waals surface area contributed by atoms with Gasteiger partial charge in [-0.25, -0.2) is 13.6 Å². The van der Waals surface area contributed by atoms with Gasteiger partial charge in [-0.2, -0.15) is 0 Å². The number of hydrogen-bond donors (Lipinski definition) is 1. The maximum absolute atomic E-state index is 13.9. The smallest absolute Gasteiger partial charge is 0.335 e. The molecule has 0 spiro atoms. The Morgan fingerprint density at radius 3 is 1.50 bits per heavy atom. The Morgan fingerprint density at radius 2 is 1.06 bits per heavy atom. The van der Waals surface area contributed by atoms with Gasteiger partial charge in [0, 0.05) is 16.5 Å². The normalized spacial score (nSPS) is 11.3. The highest BCUT2D eigenvalue weighted by Crippen LogP contribution is 2.37. The van der Waals surface area contributed by atoms with Crippen molar-refractivity contribution in [3.05, 3.63) is 126 Å². The summed E-state index contributed by atoms with van der Waals surface area (Å²) in [5, 5.41) is 11.3. The van der Waals surface area contributed by atoms with Crippen molar-refractivity contribution in [1.29, 1.82) is 0 Å². The number of carbonyl (C=O) groups is 1. The van der Waals surface area contributed by atoms with E-state index in [1.807, 2.05) is 48.5 Å². The molecule has 0 saturated carbocycles. The van der Waals surface area contributed by atoms with E-state index in [1.165, 1.54) is 24.3 Å². The van der Waals surface area contributed by atoms with Gasteiger partial charge in [0.25, 0.3) is 0 Å². The summed E-state index contributed by atoms with van der Waals surface area (Å²) in [6.45, 7) is 0. The van der Waals surface area contributed by atoms with Crippen LogP contribution in [-0.4, -0.2) is 15.6 Å². The Bertz CT molecular complexity index is 1680. The number of carboxylic acid groups (broad SMARTS) is 1. The molecule has 0 atom stereocenters. The molecule has 36 heavy (non-hydrogen) atoms. The van der Waals surface area contributed by atoms with Gasteiger partial charge < -0.3 is 9.67 Å². The second-order valence-electron chi connectivity index (χ2n) is 8.67. The third-order valence-corrected chi connectivity index (χ3v) is 6.46. The lowest BCUT2D eigenvalue weighted by molar-refractivity contribution is 0.0697. The van der Waals surface area contributed by atoms with Gasteiger partial charge in [-0.3, -0.25) is 0 Å². The van der Waals surface area contributed by atoms with Gasteiger partial charge in [0.1, 0.15) is 11.6 Å². The number of carboxylic acids is 1. The molecule has 0 radical (unpaired) electrons. The number of rotatable bonds is 4. The number of fused-ring (bicyclic) bond motifs is 3. The van der Waals surface area contributed by atoms with Gasteiger partial charge in [-0.05, 0) is 82.9 Å². The Balaban J connectivity index is 1.64. The number of hydrogen-bond acceptors (Lipinski definition) is 1. The zero-order valence-electron chi connectivity index (χ0n) is 19.0. The third kappa shape index (κ3) is 3.71. The van der Waals surface area contributed by atoms with Crippen molar-refractivity contribution in [1.82, 2.24) is 4.57 Å². The van der Waals surface area contributed by atoms with Gasteiger partial charge in [-0.15, -0.1) is 0 Å². The first-order chi connectivity index (χ1) is 17.5. The summed E-state index contributed by atoms with van der Waals surface area (Å²) in [7, 11) is 0. The maximum atomic E-state index is 13.9. The van der Waals surface area contributed by atoms with Crippen molar-refractivity contribution in [3.63, 3.8) is 0 Å². The largest absolute Gasteiger partial charge is 0.478 e. The molecule has 3 nitrogen and oxygen atoms in total. The first kappa shape index (κ1) is 21.7. The second-order valence-corrected chi connectivity index (χ2v) is 8.67. The SMILES string of the molecule is O=C(O)c1ccc(-n2c3cc(-c4cccc(F)c4)ccc3c3ccc(-c4cccc(F)c4)cc32)cc1. The highest BCUT2D eigenvalue weighted by molar-refractivity contribution is 6.11. The average Bonchev–Trinajstić information content (AvgIpc) is 3.21. The molecule has 5 heteroatoms. The standard InChI is InChI=1S/C31H19F2NO2/c32-24-5-1-3-20(15-24)22-9-13-27-28-14-10-23(21-4-2-6-25(33)16-21)18-30(28)34(29(27)17-22)26-11-7-19(8-12-26)31(35)36/h1-18H,(H,35,36). The van der Waals surface area contributed by atoms with Crippen LogP contribution in [-0.2, 0) is 0 Å². The molecule has 0 aliphatic heterocycles. The van der Waals surface area contributed by atoms with Crippen molar-refractivity contribution >= 4 is 27.8 Å². The number of nitrogens with zero attached hydrogens (tertiary/aromatic N) is 1. The van der Waals surface area contributed by atoms with E-state index in [0.717, 1.165) is 49.7 Å². The fourth-order valence-electron chi connectivity index (χ4n) is 4.75.